The van der Waals surface area contributed by atoms with Gasteiger partial charge in [0, 0.05) is 9.89 Å². The quantitative estimate of drug-likeness (QED) is 0.769. The summed E-state index contributed by atoms with van der Waals surface area (Å²) in [7, 11) is -1.24. The lowest BCUT2D eigenvalue weighted by atomic mass is 9.97. The van der Waals surface area contributed by atoms with Crippen LogP contribution < -0.4 is 4.52 Å². The maximum Gasteiger partial charge on any atom is 0.397 e. The highest BCUT2D eigenvalue weighted by Crippen LogP contribution is 2.47. The molecular weight excluding hydrogens is 291 g/mol. The molecule has 1 saturated heterocycles. The second kappa shape index (κ2) is 5.01. The van der Waals surface area contributed by atoms with Crippen molar-refractivity contribution in [1.82, 2.24) is 0 Å². The van der Waals surface area contributed by atoms with Crippen LogP contribution in [0.15, 0.2) is 28.7 Å². The molecule has 16 heavy (non-hydrogen) atoms. The van der Waals surface area contributed by atoms with Crippen LogP contribution in [0.25, 0.3) is 0 Å². The van der Waals surface area contributed by atoms with Crippen molar-refractivity contribution in [3.8, 4) is 5.75 Å². The molecule has 0 saturated carbocycles. The molecule has 0 aromatic heterocycles. The third-order valence-corrected chi connectivity index (χ3v) is 3.63. The van der Waals surface area contributed by atoms with Gasteiger partial charge in [0.1, 0.15) is 5.75 Å². The molecule has 88 valence electrons. The molecule has 0 unspecified atom stereocenters. The highest BCUT2D eigenvalue weighted by atomic mass is 79.9. The summed E-state index contributed by atoms with van der Waals surface area (Å²) in [6.07, 6.45) is 0. The Bertz CT molecular complexity index is 360. The average molecular weight is 305 g/mol. The molecule has 0 amide bonds. The topological polar surface area (TPSA) is 27.7 Å². The first-order chi connectivity index (χ1) is 7.55. The van der Waals surface area contributed by atoms with Gasteiger partial charge in [0.2, 0.25) is 0 Å². The summed E-state index contributed by atoms with van der Waals surface area (Å²) in [5.74, 6) is 0.764. The SMILES string of the molecule is CC1(C)COP(Oc2cccc(Br)c2)OC1. The highest BCUT2D eigenvalue weighted by molar-refractivity contribution is 9.10. The van der Waals surface area contributed by atoms with Gasteiger partial charge in [-0.3, -0.25) is 0 Å². The Hall–Kier alpha value is -0.150. The van der Waals surface area contributed by atoms with Gasteiger partial charge in [0.05, 0.1) is 13.2 Å². The molecule has 0 aliphatic carbocycles. The summed E-state index contributed by atoms with van der Waals surface area (Å²) in [6, 6.07) is 7.66. The van der Waals surface area contributed by atoms with E-state index in [2.05, 4.69) is 29.8 Å². The fourth-order valence-corrected chi connectivity index (χ4v) is 2.95. The van der Waals surface area contributed by atoms with Crippen molar-refractivity contribution in [2.24, 2.45) is 5.41 Å². The molecule has 2 rings (SSSR count). The first kappa shape index (κ1) is 12.3. The van der Waals surface area contributed by atoms with E-state index in [1.807, 2.05) is 24.3 Å². The molecule has 0 radical (unpaired) electrons. The van der Waals surface area contributed by atoms with Crippen molar-refractivity contribution >= 4 is 24.5 Å². The van der Waals surface area contributed by atoms with Crippen LogP contribution in [0.4, 0.5) is 0 Å². The summed E-state index contributed by atoms with van der Waals surface area (Å²) in [5.41, 5.74) is 0.0828. The zero-order valence-corrected chi connectivity index (χ0v) is 11.8. The van der Waals surface area contributed by atoms with Crippen LogP contribution in [0.3, 0.4) is 0 Å². The maximum atomic E-state index is 5.62. The van der Waals surface area contributed by atoms with E-state index in [1.165, 1.54) is 0 Å². The average Bonchev–Trinajstić information content (AvgIpc) is 2.21. The minimum atomic E-state index is -1.24. The van der Waals surface area contributed by atoms with Crippen molar-refractivity contribution in [2.45, 2.75) is 13.8 Å². The molecule has 1 aromatic rings. The molecule has 3 nitrogen and oxygen atoms in total. The van der Waals surface area contributed by atoms with Crippen LogP contribution in [-0.4, -0.2) is 13.2 Å². The smallest absolute Gasteiger partial charge is 0.397 e. The van der Waals surface area contributed by atoms with Gasteiger partial charge in [-0.05, 0) is 18.2 Å². The third kappa shape index (κ3) is 3.42. The lowest BCUT2D eigenvalue weighted by Crippen LogP contribution is -2.28. The molecular formula is C11H14BrO3P. The number of rotatable bonds is 2. The standard InChI is InChI=1S/C11H14BrO3P/c1-11(2)7-13-16(14-8-11)15-10-5-3-4-9(12)6-10/h3-6H,7-8H2,1-2H3. The summed E-state index contributed by atoms with van der Waals surface area (Å²) < 4.78 is 17.7. The summed E-state index contributed by atoms with van der Waals surface area (Å²) in [6.45, 7) is 5.57. The molecule has 1 aliphatic rings. The van der Waals surface area contributed by atoms with Gasteiger partial charge in [-0.2, -0.15) is 0 Å². The Morgan fingerprint density at radius 1 is 1.31 bits per heavy atom. The van der Waals surface area contributed by atoms with Crippen LogP contribution in [0.2, 0.25) is 0 Å². The Labute approximate surface area is 105 Å². The van der Waals surface area contributed by atoms with Crippen LogP contribution in [0.5, 0.6) is 5.75 Å². The Balaban J connectivity index is 1.92. The summed E-state index contributed by atoms with van der Waals surface area (Å²) >= 11 is 3.39. The van der Waals surface area contributed by atoms with E-state index in [-0.39, 0.29) is 5.41 Å². The van der Waals surface area contributed by atoms with E-state index in [9.17, 15) is 0 Å². The monoisotopic (exact) mass is 304 g/mol. The zero-order chi connectivity index (χ0) is 11.6. The lowest BCUT2D eigenvalue weighted by molar-refractivity contribution is 0.0426. The molecule has 1 aromatic carbocycles. The van der Waals surface area contributed by atoms with Crippen LogP contribution in [0, 0.1) is 5.41 Å². The zero-order valence-electron chi connectivity index (χ0n) is 9.27. The minimum absolute atomic E-state index is 0.0828. The molecule has 0 N–H and O–H groups in total. The normalized spacial score (nSPS) is 20.7. The molecule has 0 atom stereocenters. The van der Waals surface area contributed by atoms with E-state index in [4.69, 9.17) is 13.6 Å². The van der Waals surface area contributed by atoms with Crippen molar-refractivity contribution in [3.63, 3.8) is 0 Å². The van der Waals surface area contributed by atoms with E-state index >= 15 is 0 Å². The first-order valence-corrected chi connectivity index (χ1v) is 6.94. The van der Waals surface area contributed by atoms with Gasteiger partial charge in [0.25, 0.3) is 0 Å². The molecule has 1 aliphatic heterocycles. The van der Waals surface area contributed by atoms with E-state index in [1.54, 1.807) is 0 Å². The Morgan fingerprint density at radius 2 is 2.00 bits per heavy atom. The minimum Gasteiger partial charge on any atom is -0.427 e. The molecule has 5 heteroatoms. The van der Waals surface area contributed by atoms with Crippen molar-refractivity contribution in [1.29, 1.82) is 0 Å². The third-order valence-electron chi connectivity index (χ3n) is 2.10. The van der Waals surface area contributed by atoms with Crippen LogP contribution in [0.1, 0.15) is 13.8 Å². The van der Waals surface area contributed by atoms with Gasteiger partial charge in [0.15, 0.2) is 0 Å². The van der Waals surface area contributed by atoms with E-state index < -0.39 is 8.60 Å². The molecule has 0 bridgehead atoms. The molecule has 0 spiro atoms. The fourth-order valence-electron chi connectivity index (χ4n) is 1.20. The van der Waals surface area contributed by atoms with Gasteiger partial charge >= 0.3 is 8.60 Å². The van der Waals surface area contributed by atoms with E-state index in [0.717, 1.165) is 10.2 Å². The van der Waals surface area contributed by atoms with Gasteiger partial charge in [-0.15, -0.1) is 0 Å². The van der Waals surface area contributed by atoms with Crippen molar-refractivity contribution in [2.75, 3.05) is 13.2 Å². The molecule has 1 fully saturated rings. The Morgan fingerprint density at radius 3 is 2.62 bits per heavy atom. The van der Waals surface area contributed by atoms with Crippen LogP contribution >= 0.6 is 24.5 Å². The van der Waals surface area contributed by atoms with Crippen molar-refractivity contribution < 1.29 is 13.6 Å². The highest BCUT2D eigenvalue weighted by Gasteiger charge is 2.31. The second-order valence-corrected chi connectivity index (χ2v) is 6.55. The van der Waals surface area contributed by atoms with Gasteiger partial charge in [-0.1, -0.05) is 35.8 Å². The lowest BCUT2D eigenvalue weighted by Gasteiger charge is -2.32. The van der Waals surface area contributed by atoms with Gasteiger partial charge < -0.3 is 13.6 Å². The Kier molecular flexibility index (Phi) is 3.85. The summed E-state index contributed by atoms with van der Waals surface area (Å²) in [4.78, 5) is 0. The largest absolute Gasteiger partial charge is 0.427 e. The van der Waals surface area contributed by atoms with Crippen molar-refractivity contribution in [3.05, 3.63) is 28.7 Å². The molecule has 1 heterocycles. The second-order valence-electron chi connectivity index (χ2n) is 4.48. The van der Waals surface area contributed by atoms with Crippen LogP contribution in [-0.2, 0) is 9.05 Å². The number of benzene rings is 1. The number of hydrogen-bond acceptors (Lipinski definition) is 3. The predicted molar refractivity (Wildman–Crippen MR) is 67.4 cm³/mol. The maximum absolute atomic E-state index is 5.62. The number of hydrogen-bond donors (Lipinski definition) is 0. The fraction of sp³-hybridized carbons (Fsp3) is 0.455. The number of halogens is 1. The van der Waals surface area contributed by atoms with E-state index in [0.29, 0.717) is 13.2 Å². The predicted octanol–water partition coefficient (Wildman–Crippen LogP) is 4.13. The van der Waals surface area contributed by atoms with Gasteiger partial charge in [-0.25, -0.2) is 0 Å². The first-order valence-electron chi connectivity index (χ1n) is 5.05. The summed E-state index contributed by atoms with van der Waals surface area (Å²) in [5, 5.41) is 0.